The van der Waals surface area contributed by atoms with Crippen LogP contribution in [0.1, 0.15) is 45.4 Å². The smallest absolute Gasteiger partial charge is 0.317 e. The van der Waals surface area contributed by atoms with E-state index in [0.717, 1.165) is 16.9 Å². The van der Waals surface area contributed by atoms with Crippen LogP contribution in [0, 0.1) is 6.92 Å². The van der Waals surface area contributed by atoms with Crippen LogP contribution < -0.4 is 10.6 Å². The molecule has 1 heterocycles. The number of hydrogen-bond acceptors (Lipinski definition) is 4. The van der Waals surface area contributed by atoms with Crippen molar-refractivity contribution in [1.29, 1.82) is 0 Å². The second kappa shape index (κ2) is 10.9. The average Bonchev–Trinajstić information content (AvgIpc) is 3.11. The van der Waals surface area contributed by atoms with Crippen molar-refractivity contribution in [2.45, 2.75) is 46.5 Å². The Labute approximate surface area is 185 Å². The van der Waals surface area contributed by atoms with E-state index in [1.165, 1.54) is 4.90 Å². The van der Waals surface area contributed by atoms with Crippen molar-refractivity contribution in [3.05, 3.63) is 41.6 Å². The number of methoxy groups -OCH3 is 1. The second-order valence-corrected chi connectivity index (χ2v) is 8.51. The molecule has 8 nitrogen and oxygen atoms in total. The predicted molar refractivity (Wildman–Crippen MR) is 123 cm³/mol. The quantitative estimate of drug-likeness (QED) is 0.597. The molecule has 31 heavy (non-hydrogen) atoms. The van der Waals surface area contributed by atoms with Gasteiger partial charge in [0, 0.05) is 38.3 Å². The summed E-state index contributed by atoms with van der Waals surface area (Å²) in [6, 6.07) is 9.51. The third-order valence-corrected chi connectivity index (χ3v) is 4.82. The fourth-order valence-electron chi connectivity index (χ4n) is 3.09. The number of aromatic nitrogens is 2. The molecule has 0 saturated heterocycles. The van der Waals surface area contributed by atoms with Crippen molar-refractivity contribution in [3.8, 4) is 5.69 Å². The molecule has 0 saturated carbocycles. The molecule has 0 bridgehead atoms. The summed E-state index contributed by atoms with van der Waals surface area (Å²) >= 11 is 0. The van der Waals surface area contributed by atoms with E-state index < -0.39 is 0 Å². The third-order valence-electron chi connectivity index (χ3n) is 4.82. The molecule has 0 aliphatic rings. The first kappa shape index (κ1) is 24.4. The van der Waals surface area contributed by atoms with E-state index in [4.69, 9.17) is 9.84 Å². The zero-order valence-electron chi connectivity index (χ0n) is 19.5. The highest BCUT2D eigenvalue weighted by Crippen LogP contribution is 2.27. The normalized spacial score (nSPS) is 11.3. The maximum Gasteiger partial charge on any atom is 0.317 e. The molecular weight excluding hydrogens is 394 g/mol. The highest BCUT2D eigenvalue weighted by Gasteiger charge is 2.23. The summed E-state index contributed by atoms with van der Waals surface area (Å²) in [7, 11) is 1.61. The number of ether oxygens (including phenoxy) is 1. The Morgan fingerprint density at radius 2 is 1.94 bits per heavy atom. The van der Waals surface area contributed by atoms with Crippen molar-refractivity contribution >= 4 is 17.8 Å². The zero-order chi connectivity index (χ0) is 23.0. The fraction of sp³-hybridized carbons (Fsp3) is 0.522. The lowest BCUT2D eigenvalue weighted by atomic mass is 9.92. The van der Waals surface area contributed by atoms with Crippen LogP contribution in [0.5, 0.6) is 0 Å². The molecule has 2 N–H and O–H groups in total. The van der Waals surface area contributed by atoms with E-state index >= 15 is 0 Å². The number of urea groups is 1. The fourth-order valence-corrected chi connectivity index (χ4v) is 3.09. The lowest BCUT2D eigenvalue weighted by Crippen LogP contribution is -2.44. The van der Waals surface area contributed by atoms with Gasteiger partial charge in [-0.2, -0.15) is 5.10 Å². The SMILES string of the molecule is CCNC(=O)N(CCCOC)CC(=O)Nc1cc(C(C)(C)C)nn1-c1ccccc1C. The molecule has 170 valence electrons. The van der Waals surface area contributed by atoms with Crippen LogP contribution >= 0.6 is 0 Å². The van der Waals surface area contributed by atoms with Crippen LogP contribution in [-0.2, 0) is 14.9 Å². The largest absolute Gasteiger partial charge is 0.385 e. The summed E-state index contributed by atoms with van der Waals surface area (Å²) in [5.41, 5.74) is 2.63. The maximum atomic E-state index is 12.9. The molecule has 1 aromatic carbocycles. The van der Waals surface area contributed by atoms with E-state index in [2.05, 4.69) is 31.4 Å². The Balaban J connectivity index is 2.26. The summed E-state index contributed by atoms with van der Waals surface area (Å²) in [5, 5.41) is 10.5. The molecule has 3 amide bonds. The van der Waals surface area contributed by atoms with E-state index in [-0.39, 0.29) is 23.9 Å². The number of carbonyl (C=O) groups is 2. The molecule has 2 rings (SSSR count). The Hall–Kier alpha value is -2.87. The topological polar surface area (TPSA) is 88.5 Å². The van der Waals surface area contributed by atoms with Gasteiger partial charge in [0.25, 0.3) is 0 Å². The van der Waals surface area contributed by atoms with E-state index in [1.54, 1.807) is 11.8 Å². The minimum absolute atomic E-state index is 0.0562. The van der Waals surface area contributed by atoms with Crippen LogP contribution in [0.2, 0.25) is 0 Å². The number of carbonyl (C=O) groups excluding carboxylic acids is 2. The highest BCUT2D eigenvalue weighted by atomic mass is 16.5. The molecule has 0 radical (unpaired) electrons. The van der Waals surface area contributed by atoms with Crippen molar-refractivity contribution in [3.63, 3.8) is 0 Å². The van der Waals surface area contributed by atoms with Gasteiger partial charge in [-0.3, -0.25) is 4.79 Å². The lowest BCUT2D eigenvalue weighted by Gasteiger charge is -2.22. The second-order valence-electron chi connectivity index (χ2n) is 8.51. The van der Waals surface area contributed by atoms with Gasteiger partial charge in [-0.1, -0.05) is 39.0 Å². The van der Waals surface area contributed by atoms with Gasteiger partial charge in [-0.25, -0.2) is 9.48 Å². The van der Waals surface area contributed by atoms with Crippen LogP contribution in [-0.4, -0.2) is 60.0 Å². The summed E-state index contributed by atoms with van der Waals surface area (Å²) in [6.45, 7) is 11.5. The molecule has 0 unspecified atom stereocenters. The molecule has 1 aromatic heterocycles. The monoisotopic (exact) mass is 429 g/mol. The minimum atomic E-state index is -0.279. The summed E-state index contributed by atoms with van der Waals surface area (Å²) in [5.74, 6) is 0.302. The molecule has 0 fully saturated rings. The summed E-state index contributed by atoms with van der Waals surface area (Å²) in [6.07, 6.45) is 0.649. The van der Waals surface area contributed by atoms with Crippen LogP contribution in [0.15, 0.2) is 30.3 Å². The molecule has 0 atom stereocenters. The molecule has 2 aromatic rings. The maximum absolute atomic E-state index is 12.9. The van der Waals surface area contributed by atoms with Gasteiger partial charge in [0.05, 0.1) is 11.4 Å². The summed E-state index contributed by atoms with van der Waals surface area (Å²) < 4.78 is 6.83. The number of nitrogens with zero attached hydrogens (tertiary/aromatic N) is 3. The minimum Gasteiger partial charge on any atom is -0.385 e. The van der Waals surface area contributed by atoms with Gasteiger partial charge < -0.3 is 20.3 Å². The Morgan fingerprint density at radius 1 is 1.23 bits per heavy atom. The predicted octanol–water partition coefficient (Wildman–Crippen LogP) is 3.48. The number of hydrogen-bond donors (Lipinski definition) is 2. The third kappa shape index (κ3) is 6.82. The number of benzene rings is 1. The van der Waals surface area contributed by atoms with Crippen LogP contribution in [0.25, 0.3) is 5.69 Å². The highest BCUT2D eigenvalue weighted by molar-refractivity contribution is 5.94. The van der Waals surface area contributed by atoms with Crippen molar-refractivity contribution in [2.24, 2.45) is 0 Å². The van der Waals surface area contributed by atoms with Gasteiger partial charge in [0.2, 0.25) is 5.91 Å². The Morgan fingerprint density at radius 3 is 2.55 bits per heavy atom. The van der Waals surface area contributed by atoms with Crippen molar-refractivity contribution < 1.29 is 14.3 Å². The average molecular weight is 430 g/mol. The number of aryl methyl sites for hydroxylation is 1. The standard InChI is InChI=1S/C23H35N5O3/c1-7-24-22(30)27(13-10-14-31-6)16-21(29)25-20-15-19(23(3,4)5)26-28(20)18-12-9-8-11-17(18)2/h8-9,11-12,15H,7,10,13-14,16H2,1-6H3,(H,24,30)(H,25,29). The van der Waals surface area contributed by atoms with E-state index in [1.807, 2.05) is 44.2 Å². The Kier molecular flexibility index (Phi) is 8.62. The molecule has 8 heteroatoms. The Bertz CT molecular complexity index is 886. The molecule has 0 spiro atoms. The first-order valence-corrected chi connectivity index (χ1v) is 10.7. The number of anilines is 1. The number of amides is 3. The number of rotatable bonds is 9. The van der Waals surface area contributed by atoms with E-state index in [0.29, 0.717) is 31.9 Å². The first-order chi connectivity index (χ1) is 14.7. The molecule has 0 aliphatic heterocycles. The van der Waals surface area contributed by atoms with Gasteiger partial charge in [-0.05, 0) is 31.9 Å². The first-order valence-electron chi connectivity index (χ1n) is 10.7. The van der Waals surface area contributed by atoms with E-state index in [9.17, 15) is 9.59 Å². The van der Waals surface area contributed by atoms with Gasteiger partial charge in [0.1, 0.15) is 12.4 Å². The van der Waals surface area contributed by atoms with Crippen molar-refractivity contribution in [2.75, 3.05) is 38.7 Å². The van der Waals surface area contributed by atoms with Gasteiger partial charge in [-0.15, -0.1) is 0 Å². The van der Waals surface area contributed by atoms with Crippen molar-refractivity contribution in [1.82, 2.24) is 20.0 Å². The zero-order valence-corrected chi connectivity index (χ0v) is 19.5. The van der Waals surface area contributed by atoms with Gasteiger partial charge in [0.15, 0.2) is 0 Å². The lowest BCUT2D eigenvalue weighted by molar-refractivity contribution is -0.116. The van der Waals surface area contributed by atoms with Crippen LogP contribution in [0.3, 0.4) is 0 Å². The summed E-state index contributed by atoms with van der Waals surface area (Å²) in [4.78, 5) is 26.8. The molecular formula is C23H35N5O3. The molecule has 0 aliphatic carbocycles. The van der Waals surface area contributed by atoms with Gasteiger partial charge >= 0.3 is 6.03 Å². The van der Waals surface area contributed by atoms with Crippen LogP contribution in [0.4, 0.5) is 10.6 Å². The number of para-hydroxylation sites is 1. The number of nitrogens with one attached hydrogen (secondary N) is 2.